The Labute approximate surface area is 312 Å². The normalized spacial score (nSPS) is 10.4. The molecule has 0 saturated heterocycles. The van der Waals surface area contributed by atoms with Crippen LogP contribution in [0.25, 0.3) is 66.1 Å². The highest BCUT2D eigenvalue weighted by molar-refractivity contribution is 6.15. The average molecular weight is 689 g/mol. The first-order valence-electron chi connectivity index (χ1n) is 17.8. The lowest BCUT2D eigenvalue weighted by Crippen LogP contribution is -1.94. The fourth-order valence-electron chi connectivity index (χ4n) is 6.47. The third-order valence-corrected chi connectivity index (χ3v) is 9.10. The first-order chi connectivity index (χ1) is 26.1. The summed E-state index contributed by atoms with van der Waals surface area (Å²) in [5.41, 5.74) is 18.3. The third-order valence-electron chi connectivity index (χ3n) is 9.10. The smallest absolute Gasteiger partial charge is 0.136 e. The van der Waals surface area contributed by atoms with Gasteiger partial charge in [0.2, 0.25) is 0 Å². The molecule has 0 atom stereocenters. The van der Waals surface area contributed by atoms with Gasteiger partial charge >= 0.3 is 0 Å². The van der Waals surface area contributed by atoms with E-state index in [-0.39, 0.29) is 0 Å². The maximum absolute atomic E-state index is 6.31. The van der Waals surface area contributed by atoms with Gasteiger partial charge in [-0.05, 0) is 101 Å². The van der Waals surface area contributed by atoms with Gasteiger partial charge in [0.1, 0.15) is 11.2 Å². The van der Waals surface area contributed by atoms with E-state index in [1.165, 1.54) is 66.2 Å². The molecule has 1 aromatic heterocycles. The Morgan fingerprint density at radius 3 is 1.51 bits per heavy atom. The summed E-state index contributed by atoms with van der Waals surface area (Å²) in [7, 11) is 0. The number of aryl methyl sites for hydroxylation is 2. The van der Waals surface area contributed by atoms with Crippen molar-refractivity contribution in [3.8, 4) is 33.4 Å². The Hall–Kier alpha value is -6.55. The lowest BCUT2D eigenvalue weighted by atomic mass is 9.94. The lowest BCUT2D eigenvalue weighted by Gasteiger charge is -2.10. The van der Waals surface area contributed by atoms with E-state index in [2.05, 4.69) is 160 Å². The van der Waals surface area contributed by atoms with Gasteiger partial charge in [0.15, 0.2) is 0 Å². The Kier molecular flexibility index (Phi) is 12.0. The summed E-state index contributed by atoms with van der Waals surface area (Å²) >= 11 is 0. The van der Waals surface area contributed by atoms with Crippen LogP contribution in [0.1, 0.15) is 16.7 Å². The number of benzene rings is 8. The Balaban J connectivity index is 0.000000234. The van der Waals surface area contributed by atoms with Crippen LogP contribution in [-0.4, -0.2) is 6.72 Å². The highest BCUT2D eigenvalue weighted by Gasteiger charge is 2.14. The van der Waals surface area contributed by atoms with Crippen LogP contribution in [-0.2, 0) is 6.54 Å². The largest absolute Gasteiger partial charge is 0.456 e. The number of nitrogens with two attached hydrogens (primary N) is 1. The molecule has 0 bridgehead atoms. The highest BCUT2D eigenvalue weighted by atomic mass is 16.3. The Bertz CT molecular complexity index is 2550. The van der Waals surface area contributed by atoms with Crippen molar-refractivity contribution < 1.29 is 4.42 Å². The number of nitrogens with one attached hydrogen (secondary N) is 1. The van der Waals surface area contributed by atoms with E-state index in [9.17, 15) is 0 Å². The predicted octanol–water partition coefficient (Wildman–Crippen LogP) is 13.5. The van der Waals surface area contributed by atoms with Crippen LogP contribution in [0.15, 0.2) is 192 Å². The van der Waals surface area contributed by atoms with Crippen molar-refractivity contribution in [3.05, 3.63) is 205 Å². The summed E-state index contributed by atoms with van der Waals surface area (Å²) in [6.07, 6.45) is 0. The van der Waals surface area contributed by atoms with Gasteiger partial charge in [-0.1, -0.05) is 169 Å². The quantitative estimate of drug-likeness (QED) is 0.181. The molecule has 0 radical (unpaired) electrons. The van der Waals surface area contributed by atoms with Crippen LogP contribution in [0.4, 0.5) is 0 Å². The van der Waals surface area contributed by atoms with Crippen LogP contribution in [0.2, 0.25) is 0 Å². The van der Waals surface area contributed by atoms with Crippen LogP contribution >= 0.6 is 0 Å². The van der Waals surface area contributed by atoms with Crippen molar-refractivity contribution in [2.24, 2.45) is 5.73 Å². The Morgan fingerprint density at radius 2 is 0.943 bits per heavy atom. The topological polar surface area (TPSA) is 63.0 Å². The summed E-state index contributed by atoms with van der Waals surface area (Å²) in [6, 6.07) is 65.8. The monoisotopic (exact) mass is 688 g/mol. The van der Waals surface area contributed by atoms with Gasteiger partial charge in [0.05, 0.1) is 0 Å². The zero-order valence-electron chi connectivity index (χ0n) is 30.3. The average Bonchev–Trinajstić information content (AvgIpc) is 3.59. The van der Waals surface area contributed by atoms with Crippen molar-refractivity contribution in [2.45, 2.75) is 20.4 Å². The van der Waals surface area contributed by atoms with Crippen LogP contribution in [0.3, 0.4) is 0 Å². The molecule has 0 fully saturated rings. The lowest BCUT2D eigenvalue weighted by molar-refractivity contribution is 0.669. The minimum Gasteiger partial charge on any atom is -0.456 e. The molecule has 1 heterocycles. The summed E-state index contributed by atoms with van der Waals surface area (Å²) in [5.74, 6) is 0. The fraction of sp³-hybridized carbons (Fsp3) is 0.0600. The maximum Gasteiger partial charge on any atom is 0.136 e. The second kappa shape index (κ2) is 17.6. The molecule has 0 aliphatic carbocycles. The zero-order chi connectivity index (χ0) is 37.0. The van der Waals surface area contributed by atoms with E-state index in [0.717, 1.165) is 16.6 Å². The summed E-state index contributed by atoms with van der Waals surface area (Å²) in [5, 5.41) is 10.3. The molecule has 9 rings (SSSR count). The maximum atomic E-state index is 6.31. The van der Waals surface area contributed by atoms with Gasteiger partial charge in [-0.15, -0.1) is 0 Å². The van der Waals surface area contributed by atoms with E-state index in [4.69, 9.17) is 15.6 Å². The van der Waals surface area contributed by atoms with Gasteiger partial charge in [0, 0.05) is 17.3 Å². The van der Waals surface area contributed by atoms with Crippen molar-refractivity contribution in [1.82, 2.24) is 0 Å². The number of furan rings is 1. The first-order valence-corrected chi connectivity index (χ1v) is 17.8. The SMILES string of the molecule is C=N.Cc1cccc(-c2cccc(-c3cccc(-c4cccc5oc6cc7ccccc7cc6c45)c3)c2)c1.Cc1ccccc1.NCc1ccccc1. The molecule has 0 aliphatic rings. The minimum atomic E-state index is 0.640. The number of hydrogen-bond donors (Lipinski definition) is 2. The van der Waals surface area contributed by atoms with Crippen molar-refractivity contribution in [3.63, 3.8) is 0 Å². The molecule has 8 aromatic carbocycles. The van der Waals surface area contributed by atoms with Gasteiger partial charge in [-0.2, -0.15) is 0 Å². The van der Waals surface area contributed by atoms with E-state index < -0.39 is 0 Å². The molecule has 0 amide bonds. The van der Waals surface area contributed by atoms with Crippen molar-refractivity contribution >= 4 is 39.4 Å². The van der Waals surface area contributed by atoms with E-state index in [1.807, 2.05) is 48.5 Å². The molecule has 260 valence electrons. The second-order valence-electron chi connectivity index (χ2n) is 12.9. The highest BCUT2D eigenvalue weighted by Crippen LogP contribution is 2.39. The van der Waals surface area contributed by atoms with Gasteiger partial charge in [-0.25, -0.2) is 0 Å². The third kappa shape index (κ3) is 8.85. The molecule has 53 heavy (non-hydrogen) atoms. The minimum absolute atomic E-state index is 0.640. The predicted molar refractivity (Wildman–Crippen MR) is 228 cm³/mol. The van der Waals surface area contributed by atoms with Gasteiger partial charge in [-0.3, -0.25) is 0 Å². The van der Waals surface area contributed by atoms with Gasteiger partial charge in [0.25, 0.3) is 0 Å². The molecule has 9 aromatic rings. The molecular weight excluding hydrogens is 645 g/mol. The van der Waals surface area contributed by atoms with Crippen molar-refractivity contribution in [1.29, 1.82) is 5.41 Å². The van der Waals surface area contributed by atoms with Crippen LogP contribution in [0.5, 0.6) is 0 Å². The molecule has 3 nitrogen and oxygen atoms in total. The number of rotatable bonds is 4. The van der Waals surface area contributed by atoms with E-state index in [1.54, 1.807) is 0 Å². The Morgan fingerprint density at radius 1 is 0.453 bits per heavy atom. The van der Waals surface area contributed by atoms with Crippen molar-refractivity contribution in [2.75, 3.05) is 0 Å². The molecule has 0 spiro atoms. The molecule has 0 saturated carbocycles. The summed E-state index contributed by atoms with van der Waals surface area (Å²) < 4.78 is 6.31. The molecule has 0 unspecified atom stereocenters. The number of fused-ring (bicyclic) bond motifs is 4. The summed E-state index contributed by atoms with van der Waals surface area (Å²) in [4.78, 5) is 0. The second-order valence-corrected chi connectivity index (χ2v) is 12.9. The zero-order valence-corrected chi connectivity index (χ0v) is 30.3. The molecule has 0 aliphatic heterocycles. The van der Waals surface area contributed by atoms with Crippen LogP contribution in [0, 0.1) is 19.3 Å². The number of hydrogen-bond acceptors (Lipinski definition) is 3. The fourth-order valence-corrected chi connectivity index (χ4v) is 6.47. The summed E-state index contributed by atoms with van der Waals surface area (Å²) in [6.45, 7) is 7.36. The van der Waals surface area contributed by atoms with E-state index >= 15 is 0 Å². The standard InChI is InChI=1S/C35H24O.C7H9N.C7H8.CH3N/c1-23-8-4-11-24(18-23)25-12-5-13-26(19-25)27-14-6-15-30(20-27)31-16-7-17-33-35(31)32-21-28-9-2-3-10-29(28)22-34(32)36-33;8-6-7-4-2-1-3-5-7;1-7-5-3-2-4-6-7;1-2/h2-22H,1H3;1-5H,6,8H2;2-6H,1H3;2H,1H2. The molecule has 3 N–H and O–H groups in total. The van der Waals surface area contributed by atoms with E-state index in [0.29, 0.717) is 6.54 Å². The molecular formula is C50H44N2O. The molecule has 3 heteroatoms. The van der Waals surface area contributed by atoms with Crippen LogP contribution < -0.4 is 5.73 Å². The first kappa shape index (κ1) is 36.2. The van der Waals surface area contributed by atoms with Gasteiger partial charge < -0.3 is 15.6 Å².